The van der Waals surface area contributed by atoms with E-state index < -0.39 is 17.2 Å². The molecule has 2 N–H and O–H groups in total. The lowest BCUT2D eigenvalue weighted by Crippen LogP contribution is -2.46. The summed E-state index contributed by atoms with van der Waals surface area (Å²) in [6.45, 7) is 5.12. The predicted octanol–water partition coefficient (Wildman–Crippen LogP) is 2.38. The molecule has 1 aromatic carbocycles. The highest BCUT2D eigenvalue weighted by atomic mass is 32.2. The van der Waals surface area contributed by atoms with E-state index in [1.54, 1.807) is 24.3 Å². The van der Waals surface area contributed by atoms with Crippen LogP contribution in [0.3, 0.4) is 0 Å². The molecule has 2 amide bonds. The molecule has 6 nitrogen and oxygen atoms in total. The Labute approximate surface area is 148 Å². The molecule has 0 spiro atoms. The van der Waals surface area contributed by atoms with Crippen LogP contribution < -0.4 is 10.6 Å². The van der Waals surface area contributed by atoms with Gasteiger partial charge in [-0.15, -0.1) is 0 Å². The molecule has 1 heterocycles. The first-order valence-electron chi connectivity index (χ1n) is 7.63. The van der Waals surface area contributed by atoms with Gasteiger partial charge in [-0.25, -0.2) is 4.98 Å². The summed E-state index contributed by atoms with van der Waals surface area (Å²) < 4.78 is 26.9. The number of benzene rings is 1. The first-order chi connectivity index (χ1) is 11.7. The van der Waals surface area contributed by atoms with Gasteiger partial charge in [0.2, 0.25) is 11.8 Å². The number of hydrogen-bond donors (Lipinski definition) is 2. The normalized spacial score (nSPS) is 11.8. The highest BCUT2D eigenvalue weighted by Crippen LogP contribution is 2.28. The average Bonchev–Trinajstić information content (AvgIpc) is 2.80. The molecule has 0 radical (unpaired) electrons. The number of nitrogens with one attached hydrogen (secondary N) is 2. The fraction of sp³-hybridized carbons (Fsp3) is 0.438. The monoisotopic (exact) mass is 370 g/mol. The molecule has 25 heavy (non-hydrogen) atoms. The van der Waals surface area contributed by atoms with Gasteiger partial charge in [-0.1, -0.05) is 12.1 Å². The third-order valence-corrected chi connectivity index (χ3v) is 3.78. The number of thioether (sulfide) groups is 1. The number of fused-ring (bicyclic) bond motifs is 1. The predicted molar refractivity (Wildman–Crippen MR) is 92.5 cm³/mol. The molecule has 0 saturated heterocycles. The molecule has 136 valence electrons. The van der Waals surface area contributed by atoms with Crippen LogP contribution in [0.1, 0.15) is 20.8 Å². The Hall–Kier alpha value is -2.16. The maximum Gasteiger partial charge on any atom is 0.291 e. The molecule has 0 aliphatic heterocycles. The number of halogens is 2. The van der Waals surface area contributed by atoms with Gasteiger partial charge in [-0.3, -0.25) is 9.59 Å². The van der Waals surface area contributed by atoms with Crippen molar-refractivity contribution >= 4 is 34.6 Å². The Morgan fingerprint density at radius 1 is 1.24 bits per heavy atom. The number of para-hydroxylation sites is 2. The highest BCUT2D eigenvalue weighted by Gasteiger charge is 2.19. The topological polar surface area (TPSA) is 76.0 Å². The first kappa shape index (κ1) is 19.2. The van der Waals surface area contributed by atoms with Crippen LogP contribution in [-0.4, -0.2) is 39.2 Å². The second-order valence-electron chi connectivity index (χ2n) is 6.42. The van der Waals surface area contributed by atoms with E-state index in [1.807, 2.05) is 20.8 Å². The Balaban J connectivity index is 2.08. The second kappa shape index (κ2) is 7.81. The van der Waals surface area contributed by atoms with E-state index in [1.165, 1.54) is 4.57 Å². The van der Waals surface area contributed by atoms with Gasteiger partial charge >= 0.3 is 0 Å². The number of imidazole rings is 1. The molecule has 0 unspecified atom stereocenters. The number of nitrogens with zero attached hydrogens (tertiary/aromatic N) is 2. The minimum atomic E-state index is -2.64. The first-order valence-corrected chi connectivity index (χ1v) is 8.51. The van der Waals surface area contributed by atoms with E-state index in [4.69, 9.17) is 0 Å². The summed E-state index contributed by atoms with van der Waals surface area (Å²) in [6, 6.07) is 6.88. The van der Waals surface area contributed by atoms with Crippen LogP contribution in [0.15, 0.2) is 29.4 Å². The van der Waals surface area contributed by atoms with Gasteiger partial charge < -0.3 is 15.2 Å². The van der Waals surface area contributed by atoms with E-state index in [9.17, 15) is 18.4 Å². The van der Waals surface area contributed by atoms with E-state index >= 15 is 0 Å². The van der Waals surface area contributed by atoms with Gasteiger partial charge in [0.05, 0.1) is 17.6 Å². The molecular formula is C16H20F2N4O2S. The van der Waals surface area contributed by atoms with Crippen molar-refractivity contribution in [2.24, 2.45) is 0 Å². The molecule has 0 bridgehead atoms. The van der Waals surface area contributed by atoms with Crippen LogP contribution in [0, 0.1) is 0 Å². The van der Waals surface area contributed by atoms with Crippen molar-refractivity contribution in [3.05, 3.63) is 24.3 Å². The van der Waals surface area contributed by atoms with E-state index in [2.05, 4.69) is 15.6 Å². The van der Waals surface area contributed by atoms with Crippen LogP contribution in [0.4, 0.5) is 8.78 Å². The number of amides is 2. The fourth-order valence-electron chi connectivity index (χ4n) is 2.22. The molecule has 0 fully saturated rings. The fourth-order valence-corrected chi connectivity index (χ4v) is 2.82. The zero-order chi connectivity index (χ0) is 18.6. The van der Waals surface area contributed by atoms with Gasteiger partial charge in [0.1, 0.15) is 6.54 Å². The van der Waals surface area contributed by atoms with Crippen molar-refractivity contribution < 1.29 is 18.4 Å². The van der Waals surface area contributed by atoms with Gasteiger partial charge in [0.15, 0.2) is 5.16 Å². The van der Waals surface area contributed by atoms with Crippen LogP contribution in [-0.2, 0) is 16.1 Å². The molecule has 0 saturated carbocycles. The summed E-state index contributed by atoms with van der Waals surface area (Å²) >= 11 is 0.284. The van der Waals surface area contributed by atoms with Crippen LogP contribution in [0.5, 0.6) is 0 Å². The van der Waals surface area contributed by atoms with Crippen molar-refractivity contribution in [1.29, 1.82) is 0 Å². The number of hydrogen-bond acceptors (Lipinski definition) is 4. The number of alkyl halides is 2. The third kappa shape index (κ3) is 5.70. The number of rotatable bonds is 6. The SMILES string of the molecule is CC(C)(C)NC(=O)CNC(=O)Cn1c(SC(F)F)nc2ccccc21. The Bertz CT molecular complexity index is 771. The summed E-state index contributed by atoms with van der Waals surface area (Å²) in [6.07, 6.45) is 0. The Morgan fingerprint density at radius 2 is 1.92 bits per heavy atom. The zero-order valence-electron chi connectivity index (χ0n) is 14.2. The van der Waals surface area contributed by atoms with E-state index in [0.717, 1.165) is 0 Å². The largest absolute Gasteiger partial charge is 0.350 e. The molecule has 2 rings (SSSR count). The smallest absolute Gasteiger partial charge is 0.291 e. The third-order valence-electron chi connectivity index (χ3n) is 3.08. The minimum Gasteiger partial charge on any atom is -0.350 e. The van der Waals surface area contributed by atoms with Gasteiger partial charge in [-0.2, -0.15) is 8.78 Å². The van der Waals surface area contributed by atoms with Crippen molar-refractivity contribution in [2.75, 3.05) is 6.54 Å². The highest BCUT2D eigenvalue weighted by molar-refractivity contribution is 7.99. The van der Waals surface area contributed by atoms with Crippen molar-refractivity contribution in [3.8, 4) is 0 Å². The van der Waals surface area contributed by atoms with Crippen LogP contribution in [0.25, 0.3) is 11.0 Å². The number of carbonyl (C=O) groups excluding carboxylic acids is 2. The van der Waals surface area contributed by atoms with E-state index in [-0.39, 0.29) is 35.9 Å². The second-order valence-corrected chi connectivity index (χ2v) is 7.38. The molecular weight excluding hydrogens is 350 g/mol. The lowest BCUT2D eigenvalue weighted by atomic mass is 10.1. The zero-order valence-corrected chi connectivity index (χ0v) is 15.0. The van der Waals surface area contributed by atoms with Gasteiger partial charge in [-0.05, 0) is 44.7 Å². The lowest BCUT2D eigenvalue weighted by molar-refractivity contribution is -0.127. The molecule has 0 atom stereocenters. The number of carbonyl (C=O) groups is 2. The lowest BCUT2D eigenvalue weighted by Gasteiger charge is -2.20. The Morgan fingerprint density at radius 3 is 2.56 bits per heavy atom. The standard InChI is InChI=1S/C16H20F2N4O2S/c1-16(2,3)21-12(23)8-19-13(24)9-22-11-7-5-4-6-10(11)20-15(22)25-14(17)18/h4-7,14H,8-9H2,1-3H3,(H,19,24)(H,21,23). The molecule has 0 aliphatic carbocycles. The molecule has 1 aromatic heterocycles. The van der Waals surface area contributed by atoms with Gasteiger partial charge in [0, 0.05) is 5.54 Å². The minimum absolute atomic E-state index is 0.0606. The summed E-state index contributed by atoms with van der Waals surface area (Å²) in [5.74, 6) is -3.42. The van der Waals surface area contributed by atoms with Crippen LogP contribution >= 0.6 is 11.8 Å². The van der Waals surface area contributed by atoms with Crippen molar-refractivity contribution in [3.63, 3.8) is 0 Å². The summed E-state index contributed by atoms with van der Waals surface area (Å²) in [7, 11) is 0. The molecule has 9 heteroatoms. The summed E-state index contributed by atoms with van der Waals surface area (Å²) in [5, 5.41) is 5.28. The van der Waals surface area contributed by atoms with E-state index in [0.29, 0.717) is 11.0 Å². The number of aromatic nitrogens is 2. The Kier molecular flexibility index (Phi) is 5.99. The van der Waals surface area contributed by atoms with Gasteiger partial charge in [0.25, 0.3) is 5.76 Å². The molecule has 0 aliphatic rings. The maximum atomic E-state index is 12.7. The average molecular weight is 370 g/mol. The summed E-state index contributed by atoms with van der Waals surface area (Å²) in [4.78, 5) is 28.0. The van der Waals surface area contributed by atoms with Crippen LogP contribution in [0.2, 0.25) is 0 Å². The quantitative estimate of drug-likeness (QED) is 0.766. The molecule has 2 aromatic rings. The summed E-state index contributed by atoms with van der Waals surface area (Å²) in [5.41, 5.74) is 0.715. The van der Waals surface area contributed by atoms with Crippen molar-refractivity contribution in [2.45, 2.75) is 43.8 Å². The maximum absolute atomic E-state index is 12.7. The van der Waals surface area contributed by atoms with Crippen molar-refractivity contribution in [1.82, 2.24) is 20.2 Å².